The largest absolute Gasteiger partial charge is 0.492 e. The molecule has 1 heterocycles. The van der Waals surface area contributed by atoms with Gasteiger partial charge in [0.25, 0.3) is 0 Å². The van der Waals surface area contributed by atoms with Gasteiger partial charge in [0, 0.05) is 29.7 Å². The molecular formula is C14H13Br2NO. The minimum absolute atomic E-state index is 0.647. The Labute approximate surface area is 124 Å². The number of aromatic nitrogens is 1. The Hall–Kier alpha value is -0.870. The number of hydrogen-bond donors (Lipinski definition) is 0. The first-order chi connectivity index (χ1) is 8.81. The summed E-state index contributed by atoms with van der Waals surface area (Å²) in [5.41, 5.74) is 2.33. The summed E-state index contributed by atoms with van der Waals surface area (Å²) < 4.78 is 6.85. The number of benzene rings is 1. The van der Waals surface area contributed by atoms with Gasteiger partial charge in [0.2, 0.25) is 0 Å². The molecule has 18 heavy (non-hydrogen) atoms. The lowest BCUT2D eigenvalue weighted by molar-refractivity contribution is 0.317. The Bertz CT molecular complexity index is 502. The van der Waals surface area contributed by atoms with Crippen molar-refractivity contribution in [2.24, 2.45) is 0 Å². The van der Waals surface area contributed by atoms with E-state index in [1.807, 2.05) is 24.4 Å². The molecule has 0 aliphatic rings. The highest BCUT2D eigenvalue weighted by Gasteiger charge is 2.06. The molecule has 4 heteroatoms. The summed E-state index contributed by atoms with van der Waals surface area (Å²) in [7, 11) is 0. The molecular weight excluding hydrogens is 358 g/mol. The Morgan fingerprint density at radius 1 is 1.17 bits per heavy atom. The monoisotopic (exact) mass is 369 g/mol. The molecule has 0 saturated carbocycles. The molecule has 0 amide bonds. The third-order valence-corrected chi connectivity index (χ3v) is 3.78. The van der Waals surface area contributed by atoms with Crippen LogP contribution in [0.2, 0.25) is 0 Å². The lowest BCUT2D eigenvalue weighted by atomic mass is 10.2. The zero-order chi connectivity index (χ0) is 12.8. The van der Waals surface area contributed by atoms with E-state index in [9.17, 15) is 0 Å². The summed E-state index contributed by atoms with van der Waals surface area (Å²) in [6.07, 6.45) is 4.51. The van der Waals surface area contributed by atoms with Crippen LogP contribution in [0.25, 0.3) is 0 Å². The summed E-state index contributed by atoms with van der Waals surface area (Å²) in [5, 5.41) is 0.786. The van der Waals surface area contributed by atoms with Crippen molar-refractivity contribution in [2.75, 3.05) is 6.61 Å². The second kappa shape index (κ2) is 6.90. The summed E-state index contributed by atoms with van der Waals surface area (Å²) in [4.78, 5) is 4.09. The van der Waals surface area contributed by atoms with Crippen LogP contribution in [0.15, 0.2) is 47.2 Å². The molecule has 0 fully saturated rings. The van der Waals surface area contributed by atoms with Crippen LogP contribution in [0.3, 0.4) is 0 Å². The summed E-state index contributed by atoms with van der Waals surface area (Å²) in [6.45, 7) is 0.647. The number of pyridine rings is 1. The van der Waals surface area contributed by atoms with E-state index in [-0.39, 0.29) is 0 Å². The van der Waals surface area contributed by atoms with E-state index in [1.54, 1.807) is 6.20 Å². The first-order valence-electron chi connectivity index (χ1n) is 5.66. The van der Waals surface area contributed by atoms with E-state index < -0.39 is 0 Å². The number of ether oxygens (including phenoxy) is 1. The number of alkyl halides is 1. The molecule has 0 saturated heterocycles. The lowest BCUT2D eigenvalue weighted by Gasteiger charge is -2.11. The zero-order valence-corrected chi connectivity index (χ0v) is 12.9. The highest BCUT2D eigenvalue weighted by Crippen LogP contribution is 2.30. The molecule has 1 aromatic heterocycles. The fourth-order valence-electron chi connectivity index (χ4n) is 1.64. The smallest absolute Gasteiger partial charge is 0.137 e. The van der Waals surface area contributed by atoms with Crippen molar-refractivity contribution in [3.8, 4) is 5.75 Å². The van der Waals surface area contributed by atoms with Crippen LogP contribution in [0.5, 0.6) is 5.75 Å². The van der Waals surface area contributed by atoms with Crippen molar-refractivity contribution in [1.82, 2.24) is 4.98 Å². The van der Waals surface area contributed by atoms with Crippen LogP contribution in [-0.4, -0.2) is 11.6 Å². The Morgan fingerprint density at radius 2 is 2.06 bits per heavy atom. The van der Waals surface area contributed by atoms with Crippen molar-refractivity contribution in [3.63, 3.8) is 0 Å². The van der Waals surface area contributed by atoms with Crippen molar-refractivity contribution in [3.05, 3.63) is 58.3 Å². The van der Waals surface area contributed by atoms with Gasteiger partial charge < -0.3 is 4.74 Å². The SMILES string of the molecule is BrCc1cccc(Br)c1OCCc1cccnc1. The van der Waals surface area contributed by atoms with Gasteiger partial charge in [0.1, 0.15) is 5.75 Å². The number of para-hydroxylation sites is 1. The molecule has 0 N–H and O–H groups in total. The lowest BCUT2D eigenvalue weighted by Crippen LogP contribution is -2.03. The van der Waals surface area contributed by atoms with Gasteiger partial charge in [-0.05, 0) is 33.6 Å². The molecule has 0 radical (unpaired) electrons. The average Bonchev–Trinajstić information content (AvgIpc) is 2.41. The normalized spacial score (nSPS) is 10.3. The maximum atomic E-state index is 5.86. The molecule has 0 bridgehead atoms. The highest BCUT2D eigenvalue weighted by molar-refractivity contribution is 9.10. The second-order valence-electron chi connectivity index (χ2n) is 3.82. The van der Waals surface area contributed by atoms with Gasteiger partial charge in [-0.2, -0.15) is 0 Å². The molecule has 0 atom stereocenters. The molecule has 1 aromatic carbocycles. The van der Waals surface area contributed by atoms with E-state index in [0.29, 0.717) is 6.61 Å². The quantitative estimate of drug-likeness (QED) is 0.729. The van der Waals surface area contributed by atoms with Crippen molar-refractivity contribution in [2.45, 2.75) is 11.8 Å². The van der Waals surface area contributed by atoms with Crippen molar-refractivity contribution < 1.29 is 4.74 Å². The predicted molar refractivity (Wildman–Crippen MR) is 80.2 cm³/mol. The standard InChI is InChI=1S/C14H13Br2NO/c15-9-12-4-1-5-13(16)14(12)18-8-6-11-3-2-7-17-10-11/h1-5,7,10H,6,8-9H2. The molecule has 0 aliphatic carbocycles. The number of nitrogens with zero attached hydrogens (tertiary/aromatic N) is 1. The van der Waals surface area contributed by atoms with E-state index in [2.05, 4.69) is 49.0 Å². The minimum Gasteiger partial charge on any atom is -0.492 e. The number of halogens is 2. The molecule has 2 nitrogen and oxygen atoms in total. The van der Waals surface area contributed by atoms with E-state index in [1.165, 1.54) is 5.56 Å². The maximum absolute atomic E-state index is 5.86. The minimum atomic E-state index is 0.647. The van der Waals surface area contributed by atoms with Gasteiger partial charge in [-0.15, -0.1) is 0 Å². The first-order valence-corrected chi connectivity index (χ1v) is 7.58. The van der Waals surface area contributed by atoms with Crippen LogP contribution < -0.4 is 4.74 Å². The predicted octanol–water partition coefficient (Wildman–Crippen LogP) is 4.36. The fraction of sp³-hybridized carbons (Fsp3) is 0.214. The second-order valence-corrected chi connectivity index (χ2v) is 5.24. The molecule has 2 rings (SSSR count). The molecule has 0 unspecified atom stereocenters. The van der Waals surface area contributed by atoms with Gasteiger partial charge in [0.05, 0.1) is 11.1 Å². The number of rotatable bonds is 5. The van der Waals surface area contributed by atoms with Crippen LogP contribution in [0, 0.1) is 0 Å². The highest BCUT2D eigenvalue weighted by atomic mass is 79.9. The summed E-state index contributed by atoms with van der Waals surface area (Å²) in [5.74, 6) is 0.915. The number of hydrogen-bond acceptors (Lipinski definition) is 2. The first kappa shape index (κ1) is 13.6. The van der Waals surface area contributed by atoms with Crippen LogP contribution in [0.1, 0.15) is 11.1 Å². The van der Waals surface area contributed by atoms with Crippen LogP contribution >= 0.6 is 31.9 Å². The van der Waals surface area contributed by atoms with Crippen molar-refractivity contribution in [1.29, 1.82) is 0 Å². The Balaban J connectivity index is 1.98. The van der Waals surface area contributed by atoms with Gasteiger partial charge in [-0.3, -0.25) is 4.98 Å². The molecule has 2 aromatic rings. The van der Waals surface area contributed by atoms with Gasteiger partial charge in [-0.1, -0.05) is 34.1 Å². The Morgan fingerprint density at radius 3 is 2.78 bits per heavy atom. The average molecular weight is 371 g/mol. The molecule has 0 spiro atoms. The Kier molecular flexibility index (Phi) is 5.20. The third kappa shape index (κ3) is 3.56. The molecule has 94 valence electrons. The van der Waals surface area contributed by atoms with E-state index in [0.717, 1.165) is 27.5 Å². The maximum Gasteiger partial charge on any atom is 0.137 e. The zero-order valence-electron chi connectivity index (χ0n) is 9.77. The topological polar surface area (TPSA) is 22.1 Å². The van der Waals surface area contributed by atoms with Gasteiger partial charge >= 0.3 is 0 Å². The van der Waals surface area contributed by atoms with Crippen LogP contribution in [-0.2, 0) is 11.8 Å². The summed E-state index contributed by atoms with van der Waals surface area (Å²) in [6, 6.07) is 10.1. The van der Waals surface area contributed by atoms with Crippen molar-refractivity contribution >= 4 is 31.9 Å². The van der Waals surface area contributed by atoms with E-state index in [4.69, 9.17) is 4.74 Å². The fourth-order valence-corrected chi connectivity index (χ4v) is 2.60. The van der Waals surface area contributed by atoms with Crippen LogP contribution in [0.4, 0.5) is 0 Å². The summed E-state index contributed by atoms with van der Waals surface area (Å²) >= 11 is 6.98. The van der Waals surface area contributed by atoms with Gasteiger partial charge in [-0.25, -0.2) is 0 Å². The van der Waals surface area contributed by atoms with Gasteiger partial charge in [0.15, 0.2) is 0 Å². The molecule has 0 aliphatic heterocycles. The van der Waals surface area contributed by atoms with E-state index >= 15 is 0 Å². The third-order valence-electron chi connectivity index (χ3n) is 2.55.